The zero-order chi connectivity index (χ0) is 15.1. The number of hydrogen-bond acceptors (Lipinski definition) is 5. The van der Waals surface area contributed by atoms with Gasteiger partial charge in [-0.1, -0.05) is 29.3 Å². The minimum atomic E-state index is -0.833. The molecular formula is C13H16BrNO5. The smallest absolute Gasteiger partial charge is 0.347 e. The number of nitro groups is 1. The van der Waals surface area contributed by atoms with Gasteiger partial charge in [-0.2, -0.15) is 0 Å². The van der Waals surface area contributed by atoms with Gasteiger partial charge in [-0.05, 0) is 25.5 Å². The average molecular weight is 346 g/mol. The number of nitrogens with zero attached hydrogens (tertiary/aromatic N) is 1. The first-order chi connectivity index (χ1) is 9.49. The molecule has 1 unspecified atom stereocenters. The highest BCUT2D eigenvalue weighted by Gasteiger charge is 2.25. The van der Waals surface area contributed by atoms with Crippen LogP contribution in [0.4, 0.5) is 5.69 Å². The molecule has 0 amide bonds. The number of halogens is 1. The second-order valence-electron chi connectivity index (χ2n) is 4.02. The maximum atomic E-state index is 11.8. The molecule has 6 nitrogen and oxygen atoms in total. The van der Waals surface area contributed by atoms with Gasteiger partial charge in [-0.25, -0.2) is 4.79 Å². The highest BCUT2D eigenvalue weighted by molar-refractivity contribution is 9.10. The van der Waals surface area contributed by atoms with E-state index in [1.165, 1.54) is 12.1 Å². The van der Waals surface area contributed by atoms with E-state index in [-0.39, 0.29) is 18.0 Å². The van der Waals surface area contributed by atoms with Crippen LogP contribution in [-0.4, -0.2) is 23.6 Å². The Morgan fingerprint density at radius 2 is 2.15 bits per heavy atom. The van der Waals surface area contributed by atoms with E-state index < -0.39 is 17.0 Å². The Hall–Kier alpha value is -1.63. The largest absolute Gasteiger partial charge is 0.472 e. The topological polar surface area (TPSA) is 78.7 Å². The number of carbonyl (C=O) groups excluding carboxylic acids is 1. The van der Waals surface area contributed by atoms with Gasteiger partial charge < -0.3 is 9.47 Å². The highest BCUT2D eigenvalue weighted by atomic mass is 79.9. The number of esters is 1. The molecule has 110 valence electrons. The van der Waals surface area contributed by atoms with Gasteiger partial charge in [0.2, 0.25) is 0 Å². The zero-order valence-corrected chi connectivity index (χ0v) is 12.9. The maximum absolute atomic E-state index is 11.8. The van der Waals surface area contributed by atoms with Crippen LogP contribution in [0.15, 0.2) is 22.7 Å². The number of nitro benzene ring substituents is 1. The second-order valence-corrected chi connectivity index (χ2v) is 4.93. The van der Waals surface area contributed by atoms with Crippen molar-refractivity contribution in [1.82, 2.24) is 0 Å². The third-order valence-corrected chi connectivity index (χ3v) is 2.98. The van der Waals surface area contributed by atoms with E-state index in [1.807, 2.05) is 6.92 Å². The van der Waals surface area contributed by atoms with Crippen LogP contribution in [0, 0.1) is 10.1 Å². The number of ether oxygens (including phenoxy) is 2. The monoisotopic (exact) mass is 345 g/mol. The molecule has 0 fully saturated rings. The van der Waals surface area contributed by atoms with Gasteiger partial charge in [0.25, 0.3) is 0 Å². The van der Waals surface area contributed by atoms with Gasteiger partial charge in [-0.15, -0.1) is 0 Å². The van der Waals surface area contributed by atoms with Gasteiger partial charge in [-0.3, -0.25) is 10.1 Å². The predicted molar refractivity (Wildman–Crippen MR) is 76.8 cm³/mol. The highest BCUT2D eigenvalue weighted by Crippen LogP contribution is 2.31. The van der Waals surface area contributed by atoms with Gasteiger partial charge in [0.05, 0.1) is 11.5 Å². The molecule has 1 aromatic carbocycles. The minimum Gasteiger partial charge on any atom is -0.472 e. The first kappa shape index (κ1) is 16.4. The zero-order valence-electron chi connectivity index (χ0n) is 11.3. The van der Waals surface area contributed by atoms with Crippen molar-refractivity contribution < 1.29 is 19.2 Å². The number of hydrogen-bond donors (Lipinski definition) is 0. The summed E-state index contributed by atoms with van der Waals surface area (Å²) in [5, 5.41) is 11.0. The normalized spacial score (nSPS) is 11.8. The first-order valence-corrected chi connectivity index (χ1v) is 7.06. The first-order valence-electron chi connectivity index (χ1n) is 6.26. The van der Waals surface area contributed by atoms with Crippen molar-refractivity contribution in [1.29, 1.82) is 0 Å². The van der Waals surface area contributed by atoms with E-state index in [4.69, 9.17) is 9.47 Å². The Morgan fingerprint density at radius 3 is 2.70 bits per heavy atom. The van der Waals surface area contributed by atoms with Gasteiger partial charge in [0.15, 0.2) is 11.9 Å². The molecule has 20 heavy (non-hydrogen) atoms. The van der Waals surface area contributed by atoms with Crippen LogP contribution in [0.2, 0.25) is 0 Å². The van der Waals surface area contributed by atoms with Crippen LogP contribution in [0.1, 0.15) is 26.7 Å². The van der Waals surface area contributed by atoms with Crippen LogP contribution in [0.5, 0.6) is 5.75 Å². The predicted octanol–water partition coefficient (Wildman–Crippen LogP) is 3.47. The van der Waals surface area contributed by atoms with Crippen molar-refractivity contribution in [3.8, 4) is 5.75 Å². The summed E-state index contributed by atoms with van der Waals surface area (Å²) in [6.45, 7) is 3.83. The van der Waals surface area contributed by atoms with Crippen molar-refractivity contribution in [3.63, 3.8) is 0 Å². The lowest BCUT2D eigenvalue weighted by molar-refractivity contribution is -0.386. The van der Waals surface area contributed by atoms with Gasteiger partial charge in [0, 0.05) is 10.5 Å². The molecular weight excluding hydrogens is 330 g/mol. The van der Waals surface area contributed by atoms with Crippen molar-refractivity contribution in [3.05, 3.63) is 32.8 Å². The Bertz CT molecular complexity index is 492. The number of carbonyl (C=O) groups is 1. The third-order valence-electron chi connectivity index (χ3n) is 2.49. The van der Waals surface area contributed by atoms with Crippen LogP contribution >= 0.6 is 15.9 Å². The Balaban J connectivity index is 2.98. The molecule has 1 aromatic rings. The van der Waals surface area contributed by atoms with E-state index in [9.17, 15) is 14.9 Å². The van der Waals surface area contributed by atoms with Gasteiger partial charge >= 0.3 is 11.7 Å². The Kier molecular flexibility index (Phi) is 6.44. The van der Waals surface area contributed by atoms with Crippen molar-refractivity contribution in [2.24, 2.45) is 0 Å². The summed E-state index contributed by atoms with van der Waals surface area (Å²) in [6.07, 6.45) is 0.305. The summed E-state index contributed by atoms with van der Waals surface area (Å²) in [4.78, 5) is 22.2. The van der Waals surface area contributed by atoms with Crippen molar-refractivity contribution in [2.45, 2.75) is 32.8 Å². The van der Waals surface area contributed by atoms with E-state index in [1.54, 1.807) is 13.0 Å². The number of benzene rings is 1. The lowest BCUT2D eigenvalue weighted by Gasteiger charge is -2.17. The molecule has 0 radical (unpaired) electrons. The summed E-state index contributed by atoms with van der Waals surface area (Å²) in [5.41, 5.74) is -0.190. The lowest BCUT2D eigenvalue weighted by atomic mass is 10.2. The molecule has 7 heteroatoms. The standard InChI is InChI=1S/C13H16BrNO5/c1-3-5-12(13(16)19-4-2)20-11-7-6-9(14)8-10(11)15(17)18/h6-8,12H,3-5H2,1-2H3. The molecule has 0 saturated carbocycles. The fraction of sp³-hybridized carbons (Fsp3) is 0.462. The summed E-state index contributed by atoms with van der Waals surface area (Å²) in [6, 6.07) is 4.42. The Morgan fingerprint density at radius 1 is 1.45 bits per heavy atom. The fourth-order valence-corrected chi connectivity index (χ4v) is 1.96. The average Bonchev–Trinajstić information content (AvgIpc) is 2.40. The summed E-state index contributed by atoms with van der Waals surface area (Å²) in [5.74, 6) is -0.448. The van der Waals surface area contributed by atoms with Crippen LogP contribution in [0.3, 0.4) is 0 Å². The maximum Gasteiger partial charge on any atom is 0.347 e. The molecule has 0 heterocycles. The second kappa shape index (κ2) is 7.84. The molecule has 0 saturated heterocycles. The summed E-state index contributed by atoms with van der Waals surface area (Å²) < 4.78 is 11.0. The fourth-order valence-electron chi connectivity index (χ4n) is 1.61. The van der Waals surface area contributed by atoms with Crippen LogP contribution in [0.25, 0.3) is 0 Å². The van der Waals surface area contributed by atoms with E-state index in [0.717, 1.165) is 0 Å². The SMILES string of the molecule is CCCC(Oc1ccc(Br)cc1[N+](=O)[O-])C(=O)OCC. The van der Waals surface area contributed by atoms with Gasteiger partial charge in [0.1, 0.15) is 0 Å². The molecule has 0 aromatic heterocycles. The van der Waals surface area contributed by atoms with Crippen LogP contribution < -0.4 is 4.74 Å². The lowest BCUT2D eigenvalue weighted by Crippen LogP contribution is -2.29. The molecule has 0 aliphatic rings. The molecule has 1 rings (SSSR count). The van der Waals surface area contributed by atoms with Crippen molar-refractivity contribution >= 4 is 27.6 Å². The quantitative estimate of drug-likeness (QED) is 0.429. The molecule has 0 N–H and O–H groups in total. The van der Waals surface area contributed by atoms with Crippen LogP contribution in [-0.2, 0) is 9.53 Å². The molecule has 0 aliphatic carbocycles. The molecule has 0 aliphatic heterocycles. The summed E-state index contributed by atoms with van der Waals surface area (Å²) >= 11 is 3.16. The molecule has 1 atom stereocenters. The van der Waals surface area contributed by atoms with E-state index in [2.05, 4.69) is 15.9 Å². The van der Waals surface area contributed by atoms with E-state index in [0.29, 0.717) is 17.3 Å². The Labute approximate surface area is 125 Å². The molecule has 0 spiro atoms. The molecule has 0 bridgehead atoms. The number of rotatable bonds is 7. The third kappa shape index (κ3) is 4.48. The summed E-state index contributed by atoms with van der Waals surface area (Å²) in [7, 11) is 0. The van der Waals surface area contributed by atoms with Crippen molar-refractivity contribution in [2.75, 3.05) is 6.61 Å². The van der Waals surface area contributed by atoms with E-state index >= 15 is 0 Å². The minimum absolute atomic E-state index is 0.0599.